The highest BCUT2D eigenvalue weighted by Crippen LogP contribution is 1.99. The van der Waals surface area contributed by atoms with Crippen LogP contribution in [0.4, 0.5) is 5.95 Å². The van der Waals surface area contributed by atoms with E-state index in [0.29, 0.717) is 12.0 Å². The number of anilines is 1. The van der Waals surface area contributed by atoms with Gasteiger partial charge in [-0.25, -0.2) is 9.97 Å². The Morgan fingerprint density at radius 3 is 2.00 bits per heavy atom. The number of nitrogens with zero attached hydrogens (tertiary/aromatic N) is 2. The molecule has 1 heterocycles. The average Bonchev–Trinajstić information content (AvgIpc) is 2.12. The molecular weight excluding hydrogens is 162 g/mol. The summed E-state index contributed by atoms with van der Waals surface area (Å²) >= 11 is 0. The van der Waals surface area contributed by atoms with Crippen LogP contribution in [0.15, 0.2) is 12.4 Å². The molecule has 0 bridgehead atoms. The first-order chi connectivity index (χ1) is 6.18. The van der Waals surface area contributed by atoms with Crippen LogP contribution in [-0.2, 0) is 0 Å². The van der Waals surface area contributed by atoms with Gasteiger partial charge in [-0.3, -0.25) is 0 Å². The molecule has 1 aromatic rings. The van der Waals surface area contributed by atoms with E-state index < -0.39 is 0 Å². The third kappa shape index (κ3) is 5.17. The van der Waals surface area contributed by atoms with Crippen molar-refractivity contribution in [1.29, 1.82) is 0 Å². The number of rotatable bonds is 2. The normalized spacial score (nSPS) is 9.08. The van der Waals surface area contributed by atoms with Crippen molar-refractivity contribution in [2.75, 3.05) is 5.32 Å². The summed E-state index contributed by atoms with van der Waals surface area (Å²) in [6.45, 7) is 10.1. The van der Waals surface area contributed by atoms with E-state index in [4.69, 9.17) is 0 Å². The van der Waals surface area contributed by atoms with Crippen LogP contribution in [0.1, 0.15) is 33.3 Å². The highest BCUT2D eigenvalue weighted by Gasteiger charge is 1.95. The zero-order valence-electron chi connectivity index (χ0n) is 9.13. The fourth-order valence-electron chi connectivity index (χ4n) is 0.725. The molecule has 0 aliphatic heterocycles. The van der Waals surface area contributed by atoms with E-state index >= 15 is 0 Å². The van der Waals surface area contributed by atoms with Crippen molar-refractivity contribution in [2.24, 2.45) is 0 Å². The van der Waals surface area contributed by atoms with Crippen molar-refractivity contribution < 1.29 is 0 Å². The second-order valence-electron chi connectivity index (χ2n) is 2.88. The summed E-state index contributed by atoms with van der Waals surface area (Å²) in [5.74, 6) is 0.700. The van der Waals surface area contributed by atoms with Crippen LogP contribution in [0.2, 0.25) is 0 Å². The quantitative estimate of drug-likeness (QED) is 0.762. The van der Waals surface area contributed by atoms with Crippen LogP contribution >= 0.6 is 0 Å². The van der Waals surface area contributed by atoms with Crippen molar-refractivity contribution in [3.05, 3.63) is 18.0 Å². The minimum Gasteiger partial charge on any atom is -0.352 e. The molecule has 3 heteroatoms. The van der Waals surface area contributed by atoms with Crippen molar-refractivity contribution in [3.8, 4) is 0 Å². The molecule has 0 radical (unpaired) electrons. The summed E-state index contributed by atoms with van der Waals surface area (Å²) in [4.78, 5) is 8.19. The molecule has 0 aromatic carbocycles. The summed E-state index contributed by atoms with van der Waals surface area (Å²) in [6.07, 6.45) is 3.61. The zero-order chi connectivity index (χ0) is 10.3. The first-order valence-corrected chi connectivity index (χ1v) is 4.73. The summed E-state index contributed by atoms with van der Waals surface area (Å²) < 4.78 is 0. The number of nitrogens with one attached hydrogen (secondary N) is 1. The summed E-state index contributed by atoms with van der Waals surface area (Å²) in [6, 6.07) is 0.387. The van der Waals surface area contributed by atoms with Crippen LogP contribution < -0.4 is 5.32 Å². The van der Waals surface area contributed by atoms with Crippen LogP contribution in [0.25, 0.3) is 0 Å². The highest BCUT2D eigenvalue weighted by molar-refractivity contribution is 5.24. The smallest absolute Gasteiger partial charge is 0.222 e. The molecule has 0 saturated heterocycles. The number of hydrogen-bond donors (Lipinski definition) is 1. The van der Waals surface area contributed by atoms with Gasteiger partial charge in [0.1, 0.15) is 0 Å². The molecule has 1 N–H and O–H groups in total. The minimum atomic E-state index is 0.387. The van der Waals surface area contributed by atoms with Gasteiger partial charge in [-0.2, -0.15) is 0 Å². The predicted molar refractivity (Wildman–Crippen MR) is 56.9 cm³/mol. The SMILES string of the molecule is CC.Cc1cnc(NC(C)C)nc1. The summed E-state index contributed by atoms with van der Waals surface area (Å²) in [7, 11) is 0. The van der Waals surface area contributed by atoms with E-state index in [1.165, 1.54) is 0 Å². The Morgan fingerprint density at radius 1 is 1.15 bits per heavy atom. The molecule has 1 rings (SSSR count). The van der Waals surface area contributed by atoms with Crippen LogP contribution in [0, 0.1) is 6.92 Å². The lowest BCUT2D eigenvalue weighted by Gasteiger charge is -2.06. The van der Waals surface area contributed by atoms with Crippen molar-refractivity contribution in [1.82, 2.24) is 9.97 Å². The van der Waals surface area contributed by atoms with Gasteiger partial charge in [-0.05, 0) is 26.3 Å². The maximum atomic E-state index is 4.10. The van der Waals surface area contributed by atoms with E-state index in [-0.39, 0.29) is 0 Å². The van der Waals surface area contributed by atoms with Crippen LogP contribution in [-0.4, -0.2) is 16.0 Å². The Balaban J connectivity index is 0.000000671. The van der Waals surface area contributed by atoms with Crippen molar-refractivity contribution in [3.63, 3.8) is 0 Å². The Kier molecular flexibility index (Phi) is 5.85. The van der Waals surface area contributed by atoms with E-state index in [1.54, 1.807) is 12.4 Å². The average molecular weight is 181 g/mol. The lowest BCUT2D eigenvalue weighted by molar-refractivity contribution is 0.872. The molecule has 13 heavy (non-hydrogen) atoms. The molecule has 0 saturated carbocycles. The minimum absolute atomic E-state index is 0.387. The van der Waals surface area contributed by atoms with Crippen LogP contribution in [0.5, 0.6) is 0 Å². The lowest BCUT2D eigenvalue weighted by atomic mass is 10.4. The Bertz CT molecular complexity index is 216. The molecule has 0 spiro atoms. The molecule has 0 unspecified atom stereocenters. The predicted octanol–water partition coefficient (Wildman–Crippen LogP) is 2.63. The summed E-state index contributed by atoms with van der Waals surface area (Å²) in [5.41, 5.74) is 1.08. The molecule has 0 aliphatic carbocycles. The van der Waals surface area contributed by atoms with E-state index in [0.717, 1.165) is 5.56 Å². The number of aromatic nitrogens is 2. The first kappa shape index (κ1) is 11.9. The lowest BCUT2D eigenvalue weighted by Crippen LogP contribution is -2.12. The Hall–Kier alpha value is -1.12. The van der Waals surface area contributed by atoms with Gasteiger partial charge in [0.2, 0.25) is 5.95 Å². The first-order valence-electron chi connectivity index (χ1n) is 4.73. The van der Waals surface area contributed by atoms with Crippen LogP contribution in [0.3, 0.4) is 0 Å². The van der Waals surface area contributed by atoms with Gasteiger partial charge in [0, 0.05) is 18.4 Å². The standard InChI is InChI=1S/C8H13N3.C2H6/c1-6(2)11-8-9-4-7(3)5-10-8;1-2/h4-6H,1-3H3,(H,9,10,11);1-2H3. The Morgan fingerprint density at radius 2 is 1.62 bits per heavy atom. The molecule has 0 fully saturated rings. The van der Waals surface area contributed by atoms with Crippen molar-refractivity contribution in [2.45, 2.75) is 40.7 Å². The molecule has 3 nitrogen and oxygen atoms in total. The molecule has 1 aromatic heterocycles. The van der Waals surface area contributed by atoms with Gasteiger partial charge >= 0.3 is 0 Å². The van der Waals surface area contributed by atoms with E-state index in [9.17, 15) is 0 Å². The largest absolute Gasteiger partial charge is 0.352 e. The number of aryl methyl sites for hydroxylation is 1. The zero-order valence-corrected chi connectivity index (χ0v) is 9.13. The monoisotopic (exact) mass is 181 g/mol. The maximum absolute atomic E-state index is 4.10. The highest BCUT2D eigenvalue weighted by atomic mass is 15.1. The maximum Gasteiger partial charge on any atom is 0.222 e. The molecule has 74 valence electrons. The van der Waals surface area contributed by atoms with E-state index in [1.807, 2.05) is 20.8 Å². The topological polar surface area (TPSA) is 37.8 Å². The van der Waals surface area contributed by atoms with Gasteiger partial charge in [0.15, 0.2) is 0 Å². The van der Waals surface area contributed by atoms with Gasteiger partial charge in [0.05, 0.1) is 0 Å². The fraction of sp³-hybridized carbons (Fsp3) is 0.600. The van der Waals surface area contributed by atoms with Gasteiger partial charge in [0.25, 0.3) is 0 Å². The van der Waals surface area contributed by atoms with Gasteiger partial charge in [-0.15, -0.1) is 0 Å². The van der Waals surface area contributed by atoms with Gasteiger partial charge < -0.3 is 5.32 Å². The second-order valence-corrected chi connectivity index (χ2v) is 2.88. The fourth-order valence-corrected chi connectivity index (χ4v) is 0.725. The molecular formula is C10H19N3. The Labute approximate surface area is 80.6 Å². The van der Waals surface area contributed by atoms with Crippen molar-refractivity contribution >= 4 is 5.95 Å². The third-order valence-corrected chi connectivity index (χ3v) is 1.20. The molecule has 0 atom stereocenters. The molecule has 0 aliphatic rings. The summed E-state index contributed by atoms with van der Waals surface area (Å²) in [5, 5.41) is 3.11. The second kappa shape index (κ2) is 6.40. The molecule has 0 amide bonds. The van der Waals surface area contributed by atoms with E-state index in [2.05, 4.69) is 29.1 Å². The third-order valence-electron chi connectivity index (χ3n) is 1.20. The number of hydrogen-bond acceptors (Lipinski definition) is 3. The van der Waals surface area contributed by atoms with Gasteiger partial charge in [-0.1, -0.05) is 13.8 Å².